The number of nitrogens with one attached hydrogen (secondary N) is 1. The second kappa shape index (κ2) is 9.09. The lowest BCUT2D eigenvalue weighted by Gasteiger charge is -2.32. The summed E-state index contributed by atoms with van der Waals surface area (Å²) in [5, 5.41) is 3.72. The first-order valence-electron chi connectivity index (χ1n) is 10.3. The predicted octanol–water partition coefficient (Wildman–Crippen LogP) is 4.78. The molecule has 0 radical (unpaired) electrons. The zero-order valence-electron chi connectivity index (χ0n) is 17.5. The number of benzene rings is 1. The molecule has 1 saturated heterocycles. The molecule has 1 aromatic carbocycles. The smallest absolute Gasteiger partial charge is 0.265 e. The maximum absolute atomic E-state index is 13.9. The first-order chi connectivity index (χ1) is 15.0. The fraction of sp³-hybridized carbons (Fsp3) is 0.348. The molecule has 0 saturated carbocycles. The molecule has 3 aromatic rings. The van der Waals surface area contributed by atoms with Gasteiger partial charge in [-0.1, -0.05) is 23.5 Å². The van der Waals surface area contributed by atoms with Crippen molar-refractivity contribution in [1.82, 2.24) is 14.9 Å². The summed E-state index contributed by atoms with van der Waals surface area (Å²) in [6.45, 7) is 3.16. The van der Waals surface area contributed by atoms with Crippen molar-refractivity contribution < 1.29 is 13.6 Å². The van der Waals surface area contributed by atoms with Gasteiger partial charge in [-0.2, -0.15) is 0 Å². The lowest BCUT2D eigenvalue weighted by atomic mass is 9.93. The topological polar surface area (TPSA) is 58.1 Å². The molecule has 1 N–H and O–H groups in total. The number of nitrogens with zero attached hydrogens (tertiary/aromatic N) is 3. The van der Waals surface area contributed by atoms with Gasteiger partial charge >= 0.3 is 0 Å². The number of halogens is 2. The van der Waals surface area contributed by atoms with Crippen molar-refractivity contribution in [2.75, 3.05) is 25.5 Å². The van der Waals surface area contributed by atoms with Crippen LogP contribution >= 0.6 is 11.3 Å². The number of aromatic nitrogens is 2. The van der Waals surface area contributed by atoms with E-state index in [0.29, 0.717) is 18.0 Å². The summed E-state index contributed by atoms with van der Waals surface area (Å²) in [7, 11) is 1.79. The van der Waals surface area contributed by atoms with Gasteiger partial charge in [0.05, 0.1) is 5.69 Å². The number of anilines is 1. The Balaban J connectivity index is 1.46. The van der Waals surface area contributed by atoms with Crippen LogP contribution in [0.2, 0.25) is 0 Å². The van der Waals surface area contributed by atoms with Crippen molar-refractivity contribution in [3.05, 3.63) is 75.6 Å². The molecule has 0 unspecified atom stereocenters. The molecule has 2 aromatic heterocycles. The van der Waals surface area contributed by atoms with Gasteiger partial charge in [0.15, 0.2) is 5.13 Å². The van der Waals surface area contributed by atoms with Crippen LogP contribution in [-0.4, -0.2) is 40.9 Å². The first kappa shape index (κ1) is 21.4. The average molecular weight is 443 g/mol. The van der Waals surface area contributed by atoms with Gasteiger partial charge in [-0.05, 0) is 43.5 Å². The highest BCUT2D eigenvalue weighted by atomic mass is 32.1. The summed E-state index contributed by atoms with van der Waals surface area (Å²) in [6.07, 6.45) is 3.67. The zero-order valence-corrected chi connectivity index (χ0v) is 18.3. The van der Waals surface area contributed by atoms with Gasteiger partial charge in [-0.15, -0.1) is 0 Å². The fourth-order valence-electron chi connectivity index (χ4n) is 3.94. The number of carbonyl (C=O) groups excluding carboxylic acids is 1. The summed E-state index contributed by atoms with van der Waals surface area (Å²) in [5.41, 5.74) is 2.43. The second-order valence-electron chi connectivity index (χ2n) is 7.74. The third-order valence-corrected chi connectivity index (χ3v) is 6.78. The number of pyridine rings is 1. The van der Waals surface area contributed by atoms with E-state index in [0.717, 1.165) is 34.9 Å². The molecule has 1 atom stereocenters. The molecule has 31 heavy (non-hydrogen) atoms. The minimum atomic E-state index is -0.551. The quantitative estimate of drug-likeness (QED) is 0.618. The number of amides is 1. The molecule has 4 rings (SSSR count). The average Bonchev–Trinajstić information content (AvgIpc) is 3.17. The van der Waals surface area contributed by atoms with Crippen molar-refractivity contribution in [2.45, 2.75) is 32.1 Å². The molecule has 3 heterocycles. The van der Waals surface area contributed by atoms with E-state index in [1.54, 1.807) is 13.2 Å². The summed E-state index contributed by atoms with van der Waals surface area (Å²) in [4.78, 5) is 24.5. The van der Waals surface area contributed by atoms with Crippen LogP contribution in [0.15, 0.2) is 36.5 Å². The Morgan fingerprint density at radius 2 is 2.03 bits per heavy atom. The van der Waals surface area contributed by atoms with E-state index in [2.05, 4.69) is 15.3 Å². The van der Waals surface area contributed by atoms with Gasteiger partial charge in [0.1, 0.15) is 16.5 Å². The molecular formula is C23H24F2N4OS. The van der Waals surface area contributed by atoms with E-state index in [1.165, 1.54) is 29.5 Å². The van der Waals surface area contributed by atoms with Crippen LogP contribution in [0, 0.1) is 18.6 Å². The minimum absolute atomic E-state index is 0.00727. The Hall–Kier alpha value is -2.87. The number of aryl methyl sites for hydroxylation is 1. The lowest BCUT2D eigenvalue weighted by Crippen LogP contribution is -2.39. The SMILES string of the molecule is CNc1nc(C)c(C(=O)N2CCC[C@H](c3ccc(Cc4c(F)cccc4F)cn3)C2)s1. The summed E-state index contributed by atoms with van der Waals surface area (Å²) < 4.78 is 27.8. The van der Waals surface area contributed by atoms with Crippen molar-refractivity contribution in [1.29, 1.82) is 0 Å². The van der Waals surface area contributed by atoms with Crippen molar-refractivity contribution in [3.8, 4) is 0 Å². The van der Waals surface area contributed by atoms with E-state index in [1.807, 2.05) is 24.0 Å². The van der Waals surface area contributed by atoms with Gasteiger partial charge < -0.3 is 10.2 Å². The van der Waals surface area contributed by atoms with E-state index < -0.39 is 11.6 Å². The first-order valence-corrected chi connectivity index (χ1v) is 11.1. The molecule has 0 bridgehead atoms. The molecule has 0 aliphatic carbocycles. The number of carbonyl (C=O) groups is 1. The number of thiazole rings is 1. The fourth-order valence-corrected chi connectivity index (χ4v) is 4.82. The van der Waals surface area contributed by atoms with Crippen molar-refractivity contribution in [3.63, 3.8) is 0 Å². The molecule has 5 nitrogen and oxygen atoms in total. The Kier molecular flexibility index (Phi) is 6.27. The predicted molar refractivity (Wildman–Crippen MR) is 118 cm³/mol. The van der Waals surface area contributed by atoms with Crippen molar-refractivity contribution in [2.24, 2.45) is 0 Å². The van der Waals surface area contributed by atoms with Gasteiger partial charge in [0.25, 0.3) is 5.91 Å². The van der Waals surface area contributed by atoms with Gasteiger partial charge in [-0.25, -0.2) is 13.8 Å². The molecule has 1 aliphatic heterocycles. The van der Waals surface area contributed by atoms with Gasteiger partial charge in [0.2, 0.25) is 0 Å². The van der Waals surface area contributed by atoms with Gasteiger partial charge in [-0.3, -0.25) is 9.78 Å². The van der Waals surface area contributed by atoms with E-state index in [9.17, 15) is 13.6 Å². The van der Waals surface area contributed by atoms with E-state index in [4.69, 9.17) is 0 Å². The highest BCUT2D eigenvalue weighted by Gasteiger charge is 2.28. The molecule has 1 amide bonds. The maximum Gasteiger partial charge on any atom is 0.265 e. The summed E-state index contributed by atoms with van der Waals surface area (Å²) in [5.74, 6) is -0.961. The second-order valence-corrected chi connectivity index (χ2v) is 8.74. The van der Waals surface area contributed by atoms with Crippen LogP contribution in [0.25, 0.3) is 0 Å². The monoisotopic (exact) mass is 442 g/mol. The highest BCUT2D eigenvalue weighted by molar-refractivity contribution is 7.17. The Labute approximate surface area is 184 Å². The zero-order chi connectivity index (χ0) is 22.0. The lowest BCUT2D eigenvalue weighted by molar-refractivity contribution is 0.0710. The standard InChI is InChI=1S/C23H24F2N4OS/c1-14-21(31-23(26-2)28-14)22(30)29-10-4-5-16(13-29)20-9-8-15(12-27-20)11-17-18(24)6-3-7-19(17)25/h3,6-9,12,16H,4-5,10-11,13H2,1-2H3,(H,26,28)/t16-/m0/s1. The summed E-state index contributed by atoms with van der Waals surface area (Å²) >= 11 is 1.37. The number of likely N-dealkylation sites (tertiary alicyclic amines) is 1. The Bertz CT molecular complexity index is 1060. The normalized spacial score (nSPS) is 16.4. The number of hydrogen-bond acceptors (Lipinski definition) is 5. The molecular weight excluding hydrogens is 418 g/mol. The number of hydrogen-bond donors (Lipinski definition) is 1. The Morgan fingerprint density at radius 1 is 1.26 bits per heavy atom. The highest BCUT2D eigenvalue weighted by Crippen LogP contribution is 2.30. The van der Waals surface area contributed by atoms with E-state index >= 15 is 0 Å². The molecule has 1 aliphatic rings. The minimum Gasteiger partial charge on any atom is -0.365 e. The van der Waals surface area contributed by atoms with Crippen LogP contribution in [0.3, 0.4) is 0 Å². The van der Waals surface area contributed by atoms with E-state index in [-0.39, 0.29) is 23.8 Å². The van der Waals surface area contributed by atoms with Crippen molar-refractivity contribution >= 4 is 22.4 Å². The van der Waals surface area contributed by atoms with Crippen LogP contribution in [0.1, 0.15) is 50.9 Å². The summed E-state index contributed by atoms with van der Waals surface area (Å²) in [6, 6.07) is 7.65. The maximum atomic E-state index is 13.9. The number of rotatable bonds is 5. The van der Waals surface area contributed by atoms with Crippen LogP contribution < -0.4 is 5.32 Å². The molecule has 1 fully saturated rings. The van der Waals surface area contributed by atoms with Crippen LogP contribution in [0.4, 0.5) is 13.9 Å². The molecule has 162 valence electrons. The third kappa shape index (κ3) is 4.58. The molecule has 8 heteroatoms. The van der Waals surface area contributed by atoms with Crippen LogP contribution in [-0.2, 0) is 6.42 Å². The Morgan fingerprint density at radius 3 is 2.68 bits per heavy atom. The number of piperidine rings is 1. The third-order valence-electron chi connectivity index (χ3n) is 5.62. The largest absolute Gasteiger partial charge is 0.365 e. The van der Waals surface area contributed by atoms with Crippen LogP contribution in [0.5, 0.6) is 0 Å². The van der Waals surface area contributed by atoms with Gasteiger partial charge in [0, 0.05) is 49.9 Å². The molecule has 0 spiro atoms.